The molecule has 1 saturated heterocycles. The second-order valence-electron chi connectivity index (χ2n) is 8.81. The molecule has 2 aliphatic heterocycles. The quantitative estimate of drug-likeness (QED) is 0.724. The fourth-order valence-corrected chi connectivity index (χ4v) is 5.25. The molecule has 0 spiro atoms. The van der Waals surface area contributed by atoms with Crippen LogP contribution in [-0.2, 0) is 11.2 Å². The first kappa shape index (κ1) is 21.1. The number of anilines is 1. The van der Waals surface area contributed by atoms with Gasteiger partial charge in [-0.3, -0.25) is 9.69 Å². The maximum Gasteiger partial charge on any atom is 0.324 e. The Bertz CT molecular complexity index is 1020. The van der Waals surface area contributed by atoms with Gasteiger partial charge in [0.05, 0.1) is 18.3 Å². The fraction of sp³-hybridized carbons (Fsp3) is 0.440. The van der Waals surface area contributed by atoms with Crippen LogP contribution in [0.4, 0.5) is 10.5 Å². The van der Waals surface area contributed by atoms with E-state index in [1.165, 1.54) is 11.1 Å². The molecule has 1 N–H and O–H groups in total. The lowest BCUT2D eigenvalue weighted by atomic mass is 9.87. The smallest absolute Gasteiger partial charge is 0.324 e. The second kappa shape index (κ2) is 9.02. The minimum Gasteiger partial charge on any atom is -0.490 e. The van der Waals surface area contributed by atoms with Crippen LogP contribution in [0.1, 0.15) is 42.9 Å². The summed E-state index contributed by atoms with van der Waals surface area (Å²) in [4.78, 5) is 29.8. The molecule has 2 aromatic carbocycles. The van der Waals surface area contributed by atoms with E-state index in [2.05, 4.69) is 23.5 Å². The molecule has 32 heavy (non-hydrogen) atoms. The molecule has 1 aliphatic carbocycles. The number of hydrogen-bond donors (Lipinski definition) is 1. The van der Waals surface area contributed by atoms with Crippen LogP contribution in [0.3, 0.4) is 0 Å². The summed E-state index contributed by atoms with van der Waals surface area (Å²) in [6.45, 7) is 2.10. The van der Waals surface area contributed by atoms with E-state index in [1.54, 1.807) is 23.1 Å². The van der Waals surface area contributed by atoms with E-state index in [9.17, 15) is 9.59 Å². The van der Waals surface area contributed by atoms with E-state index in [0.717, 1.165) is 19.3 Å². The number of amides is 3. The molecule has 7 heteroatoms. The highest BCUT2D eigenvalue weighted by Gasteiger charge is 2.33. The highest BCUT2D eigenvalue weighted by atomic mass is 35.5. The van der Waals surface area contributed by atoms with Crippen molar-refractivity contribution >= 4 is 29.2 Å². The molecule has 0 unspecified atom stereocenters. The molecule has 3 aliphatic rings. The average Bonchev–Trinajstić information content (AvgIpc) is 2.83. The second-order valence-corrected chi connectivity index (χ2v) is 9.24. The molecule has 5 rings (SSSR count). The number of benzene rings is 2. The van der Waals surface area contributed by atoms with E-state index in [4.69, 9.17) is 16.3 Å². The van der Waals surface area contributed by atoms with Gasteiger partial charge >= 0.3 is 6.03 Å². The number of halogens is 1. The Morgan fingerprint density at radius 1 is 1.03 bits per heavy atom. The van der Waals surface area contributed by atoms with Gasteiger partial charge in [-0.1, -0.05) is 35.9 Å². The van der Waals surface area contributed by atoms with E-state index in [1.807, 2.05) is 11.0 Å². The largest absolute Gasteiger partial charge is 0.490 e. The standard InChI is InChI=1S/C25H28ClN3O3/c26-19-8-9-23-22(16-19)29(14-15-32-23)25(31)28-12-10-18(11-13-28)24(30)27-21-7-3-5-17-4-1-2-6-20(17)21/h1-2,4,6,8-9,16,18,21H,3,5,7,10-15H2,(H,27,30)/t21-/m0/s1. The molecular formula is C25H28ClN3O3. The predicted octanol–water partition coefficient (Wildman–Crippen LogP) is 4.56. The lowest BCUT2D eigenvalue weighted by Crippen LogP contribution is -2.50. The summed E-state index contributed by atoms with van der Waals surface area (Å²) in [5.41, 5.74) is 3.31. The third-order valence-electron chi connectivity index (χ3n) is 6.84. The molecule has 6 nitrogen and oxygen atoms in total. The minimum absolute atomic E-state index is 0.0446. The Morgan fingerprint density at radius 2 is 1.84 bits per heavy atom. The number of fused-ring (bicyclic) bond motifs is 2. The molecule has 2 aromatic rings. The third-order valence-corrected chi connectivity index (χ3v) is 7.07. The van der Waals surface area contributed by atoms with E-state index in [0.29, 0.717) is 55.5 Å². The number of carbonyl (C=O) groups excluding carboxylic acids is 2. The van der Waals surface area contributed by atoms with E-state index < -0.39 is 0 Å². The van der Waals surface area contributed by atoms with Crippen LogP contribution in [0.5, 0.6) is 5.75 Å². The molecular weight excluding hydrogens is 426 g/mol. The van der Waals surface area contributed by atoms with E-state index >= 15 is 0 Å². The Hall–Kier alpha value is -2.73. The number of ether oxygens (including phenoxy) is 1. The van der Waals surface area contributed by atoms with Crippen LogP contribution < -0.4 is 15.0 Å². The van der Waals surface area contributed by atoms with Gasteiger partial charge in [0, 0.05) is 24.0 Å². The zero-order valence-corrected chi connectivity index (χ0v) is 18.8. The molecule has 2 heterocycles. The molecule has 0 radical (unpaired) electrons. The zero-order valence-electron chi connectivity index (χ0n) is 18.1. The fourth-order valence-electron chi connectivity index (χ4n) is 5.09. The predicted molar refractivity (Wildman–Crippen MR) is 124 cm³/mol. The topological polar surface area (TPSA) is 61.9 Å². The Kier molecular flexibility index (Phi) is 5.96. The van der Waals surface area contributed by atoms with Crippen LogP contribution in [0.2, 0.25) is 5.02 Å². The van der Waals surface area contributed by atoms with Crippen molar-refractivity contribution in [3.63, 3.8) is 0 Å². The minimum atomic E-state index is -0.0560. The molecule has 168 valence electrons. The van der Waals surface area contributed by atoms with Crippen molar-refractivity contribution in [3.8, 4) is 5.75 Å². The van der Waals surface area contributed by atoms with Crippen molar-refractivity contribution in [1.82, 2.24) is 10.2 Å². The number of likely N-dealkylation sites (tertiary alicyclic amines) is 1. The maximum absolute atomic E-state index is 13.2. The van der Waals surface area contributed by atoms with Gasteiger partial charge in [-0.05, 0) is 61.4 Å². The maximum atomic E-state index is 13.2. The van der Waals surface area contributed by atoms with Crippen molar-refractivity contribution in [1.29, 1.82) is 0 Å². The number of aryl methyl sites for hydroxylation is 1. The molecule has 0 saturated carbocycles. The van der Waals surface area contributed by atoms with Gasteiger partial charge in [-0.25, -0.2) is 4.79 Å². The Labute approximate surface area is 193 Å². The van der Waals surface area contributed by atoms with Gasteiger partial charge in [0.2, 0.25) is 5.91 Å². The molecule has 0 aromatic heterocycles. The number of rotatable bonds is 2. The summed E-state index contributed by atoms with van der Waals surface area (Å²) >= 11 is 6.15. The number of hydrogen-bond acceptors (Lipinski definition) is 3. The van der Waals surface area contributed by atoms with E-state index in [-0.39, 0.29) is 23.9 Å². The molecule has 3 amide bonds. The Balaban J connectivity index is 1.20. The summed E-state index contributed by atoms with van der Waals surface area (Å²) < 4.78 is 5.67. The average molecular weight is 454 g/mol. The van der Waals surface area contributed by atoms with Gasteiger partial charge in [0.15, 0.2) is 0 Å². The van der Waals surface area contributed by atoms with Crippen LogP contribution in [0.15, 0.2) is 42.5 Å². The number of piperidine rings is 1. The number of nitrogens with one attached hydrogen (secondary N) is 1. The SMILES string of the molecule is O=C(N[C@H]1CCCc2ccccc21)C1CCN(C(=O)N2CCOc3ccc(Cl)cc32)CC1. The highest BCUT2D eigenvalue weighted by Crippen LogP contribution is 2.35. The molecule has 0 bridgehead atoms. The lowest BCUT2D eigenvalue weighted by molar-refractivity contribution is -0.127. The van der Waals surface area contributed by atoms with Gasteiger partial charge in [0.25, 0.3) is 0 Å². The molecule has 1 atom stereocenters. The van der Waals surface area contributed by atoms with Crippen molar-refractivity contribution < 1.29 is 14.3 Å². The van der Waals surface area contributed by atoms with Crippen LogP contribution in [0.25, 0.3) is 0 Å². The number of carbonyl (C=O) groups is 2. The van der Waals surface area contributed by atoms with Crippen LogP contribution in [-0.4, -0.2) is 43.1 Å². The van der Waals surface area contributed by atoms with Crippen molar-refractivity contribution in [3.05, 3.63) is 58.6 Å². The van der Waals surface area contributed by atoms with Gasteiger partial charge in [-0.15, -0.1) is 0 Å². The van der Waals surface area contributed by atoms with Gasteiger partial charge in [-0.2, -0.15) is 0 Å². The summed E-state index contributed by atoms with van der Waals surface area (Å²) in [5.74, 6) is 0.734. The van der Waals surface area contributed by atoms with Gasteiger partial charge in [0.1, 0.15) is 12.4 Å². The first-order valence-corrected chi connectivity index (χ1v) is 11.8. The van der Waals surface area contributed by atoms with Crippen molar-refractivity contribution in [2.24, 2.45) is 5.92 Å². The Morgan fingerprint density at radius 3 is 2.69 bits per heavy atom. The summed E-state index contributed by atoms with van der Waals surface area (Å²) in [6.07, 6.45) is 4.52. The third kappa shape index (κ3) is 4.16. The van der Waals surface area contributed by atoms with Gasteiger partial charge < -0.3 is 15.0 Å². The highest BCUT2D eigenvalue weighted by molar-refractivity contribution is 6.31. The summed E-state index contributed by atoms with van der Waals surface area (Å²) in [6, 6.07) is 13.8. The van der Waals surface area contributed by atoms with Crippen molar-refractivity contribution in [2.75, 3.05) is 31.1 Å². The normalized spacial score (nSPS) is 20.7. The number of urea groups is 1. The number of nitrogens with zero attached hydrogens (tertiary/aromatic N) is 2. The summed E-state index contributed by atoms with van der Waals surface area (Å²) in [7, 11) is 0. The lowest BCUT2D eigenvalue weighted by Gasteiger charge is -2.37. The molecule has 1 fully saturated rings. The van der Waals surface area contributed by atoms with Crippen LogP contribution >= 0.6 is 11.6 Å². The van der Waals surface area contributed by atoms with Crippen LogP contribution in [0, 0.1) is 5.92 Å². The monoisotopic (exact) mass is 453 g/mol. The van der Waals surface area contributed by atoms with Crippen molar-refractivity contribution in [2.45, 2.75) is 38.1 Å². The zero-order chi connectivity index (χ0) is 22.1. The first-order valence-electron chi connectivity index (χ1n) is 11.5. The summed E-state index contributed by atoms with van der Waals surface area (Å²) in [5, 5.41) is 3.86. The first-order chi connectivity index (χ1) is 15.6.